The molecule has 0 spiro atoms. The Morgan fingerprint density at radius 2 is 2.18 bits per heavy atom. The second-order valence-corrected chi connectivity index (χ2v) is 10.8. The number of hydrogen-bond donors (Lipinski definition) is 1. The lowest BCUT2D eigenvalue weighted by molar-refractivity contribution is 0.258. The summed E-state index contributed by atoms with van der Waals surface area (Å²) < 4.78 is 0. The van der Waals surface area contributed by atoms with E-state index in [0.717, 1.165) is 24.8 Å². The molecule has 0 aliphatic heterocycles. The molecule has 1 aliphatic carbocycles. The third-order valence-corrected chi connectivity index (χ3v) is 3.97. The molecule has 2 heteroatoms. The minimum atomic E-state index is -1.38. The molecular formula is C15H24OSi. The molecule has 1 rings (SSSR count). The van der Waals surface area contributed by atoms with E-state index in [1.54, 1.807) is 0 Å². The van der Waals surface area contributed by atoms with Crippen LogP contribution in [0.25, 0.3) is 0 Å². The van der Waals surface area contributed by atoms with E-state index in [0.29, 0.717) is 5.92 Å². The van der Waals surface area contributed by atoms with E-state index >= 15 is 0 Å². The fraction of sp³-hybridized carbons (Fsp3) is 0.600. The lowest BCUT2D eigenvalue weighted by Crippen LogP contribution is -2.19. The van der Waals surface area contributed by atoms with Crippen LogP contribution in [0.4, 0.5) is 0 Å². The van der Waals surface area contributed by atoms with Gasteiger partial charge in [0.05, 0.1) is 0 Å². The van der Waals surface area contributed by atoms with Gasteiger partial charge in [0.25, 0.3) is 0 Å². The van der Waals surface area contributed by atoms with Crippen LogP contribution in [-0.2, 0) is 0 Å². The maximum Gasteiger partial charge on any atom is 0.135 e. The van der Waals surface area contributed by atoms with Gasteiger partial charge < -0.3 is 5.11 Å². The lowest BCUT2D eigenvalue weighted by Gasteiger charge is -2.23. The molecule has 0 aromatic rings. The summed E-state index contributed by atoms with van der Waals surface area (Å²) in [4.78, 5) is 0. The Morgan fingerprint density at radius 1 is 1.53 bits per heavy atom. The predicted molar refractivity (Wildman–Crippen MR) is 77.4 cm³/mol. The topological polar surface area (TPSA) is 20.2 Å². The van der Waals surface area contributed by atoms with Crippen LogP contribution in [0.5, 0.6) is 0 Å². The van der Waals surface area contributed by atoms with Gasteiger partial charge in [-0.05, 0) is 37.7 Å². The highest BCUT2D eigenvalue weighted by Gasteiger charge is 2.18. The number of aliphatic hydroxyl groups is 1. The van der Waals surface area contributed by atoms with Gasteiger partial charge in [-0.1, -0.05) is 43.8 Å². The molecule has 0 saturated heterocycles. The Balaban J connectivity index is 2.63. The average molecular weight is 248 g/mol. The van der Waals surface area contributed by atoms with Gasteiger partial charge in [0, 0.05) is 0 Å². The third-order valence-electron chi connectivity index (χ3n) is 3.08. The highest BCUT2D eigenvalue weighted by atomic mass is 28.3. The Kier molecular flexibility index (Phi) is 4.79. The monoisotopic (exact) mass is 248 g/mol. The Bertz CT molecular complexity index is 376. The Morgan fingerprint density at radius 3 is 2.59 bits per heavy atom. The zero-order chi connectivity index (χ0) is 13.1. The van der Waals surface area contributed by atoms with Crippen molar-refractivity contribution in [2.24, 2.45) is 5.92 Å². The van der Waals surface area contributed by atoms with E-state index in [9.17, 15) is 5.11 Å². The first-order valence-corrected chi connectivity index (χ1v) is 9.84. The molecule has 0 heterocycles. The van der Waals surface area contributed by atoms with Gasteiger partial charge in [-0.2, -0.15) is 0 Å². The second kappa shape index (κ2) is 5.71. The van der Waals surface area contributed by atoms with Crippen LogP contribution < -0.4 is 0 Å². The first kappa shape index (κ1) is 14.3. The zero-order valence-electron chi connectivity index (χ0n) is 11.5. The molecule has 0 aromatic heterocycles. The van der Waals surface area contributed by atoms with E-state index < -0.39 is 14.2 Å². The highest BCUT2D eigenvalue weighted by Crippen LogP contribution is 2.29. The molecule has 94 valence electrons. The molecule has 0 bridgehead atoms. The van der Waals surface area contributed by atoms with Crippen molar-refractivity contribution < 1.29 is 5.11 Å². The van der Waals surface area contributed by atoms with Crippen molar-refractivity contribution in [3.8, 4) is 11.5 Å². The van der Waals surface area contributed by atoms with Gasteiger partial charge in [-0.15, -0.1) is 5.54 Å². The zero-order valence-corrected chi connectivity index (χ0v) is 12.5. The third kappa shape index (κ3) is 4.93. The number of allylic oxidation sites excluding steroid dienone is 2. The maximum atomic E-state index is 10.0. The van der Waals surface area contributed by atoms with Gasteiger partial charge in [-0.3, -0.25) is 0 Å². The predicted octanol–water partition coefficient (Wildman–Crippen LogP) is 3.53. The normalized spacial score (nSPS) is 22.2. The van der Waals surface area contributed by atoms with Crippen molar-refractivity contribution in [2.75, 3.05) is 0 Å². The summed E-state index contributed by atoms with van der Waals surface area (Å²) in [6.45, 7) is 12.7. The molecule has 1 unspecified atom stereocenters. The van der Waals surface area contributed by atoms with Crippen LogP contribution in [0.2, 0.25) is 19.6 Å². The Labute approximate surface area is 107 Å². The summed E-state index contributed by atoms with van der Waals surface area (Å²) >= 11 is 0. The van der Waals surface area contributed by atoms with Gasteiger partial charge in [-0.25, -0.2) is 0 Å². The van der Waals surface area contributed by atoms with E-state index in [4.69, 9.17) is 0 Å². The molecule has 0 saturated carbocycles. The standard InChI is InChI=1S/C15H24OSi/c1-12(2)13-6-8-14(9-7-13)15(16)10-11-17(3,4)5/h8,13,15-16H,1,6-7,9H2,2-5H3/t13-,15?/m1/s1. The van der Waals surface area contributed by atoms with Gasteiger partial charge >= 0.3 is 0 Å². The highest BCUT2D eigenvalue weighted by molar-refractivity contribution is 6.83. The van der Waals surface area contributed by atoms with Crippen LogP contribution >= 0.6 is 0 Å². The van der Waals surface area contributed by atoms with E-state index in [-0.39, 0.29) is 0 Å². The molecule has 1 nitrogen and oxygen atoms in total. The van der Waals surface area contributed by atoms with Crippen LogP contribution in [0.15, 0.2) is 23.8 Å². The number of rotatable bonds is 2. The van der Waals surface area contributed by atoms with E-state index in [1.807, 2.05) is 0 Å². The molecule has 1 aliphatic rings. The van der Waals surface area contributed by atoms with Crippen molar-refractivity contribution in [2.45, 2.75) is 51.9 Å². The van der Waals surface area contributed by atoms with Crippen LogP contribution in [0.1, 0.15) is 26.2 Å². The van der Waals surface area contributed by atoms with Crippen LogP contribution in [0.3, 0.4) is 0 Å². The van der Waals surface area contributed by atoms with Gasteiger partial charge in [0.15, 0.2) is 0 Å². The van der Waals surface area contributed by atoms with E-state index in [1.165, 1.54) is 5.57 Å². The summed E-state index contributed by atoms with van der Waals surface area (Å²) in [6.07, 6.45) is 4.68. The van der Waals surface area contributed by atoms with Crippen LogP contribution in [-0.4, -0.2) is 19.3 Å². The van der Waals surface area contributed by atoms with Crippen LogP contribution in [0, 0.1) is 17.4 Å². The van der Waals surface area contributed by atoms with Crippen molar-refractivity contribution in [1.29, 1.82) is 0 Å². The fourth-order valence-electron chi connectivity index (χ4n) is 1.93. The number of hydrogen-bond acceptors (Lipinski definition) is 1. The molecule has 0 aromatic carbocycles. The van der Waals surface area contributed by atoms with Crippen molar-refractivity contribution in [3.05, 3.63) is 23.8 Å². The summed E-state index contributed by atoms with van der Waals surface area (Å²) in [6, 6.07) is 0. The molecular weight excluding hydrogens is 224 g/mol. The minimum Gasteiger partial charge on any atom is -0.376 e. The largest absolute Gasteiger partial charge is 0.376 e. The molecule has 0 fully saturated rings. The van der Waals surface area contributed by atoms with Crippen molar-refractivity contribution >= 4 is 8.07 Å². The first-order valence-electron chi connectivity index (χ1n) is 6.34. The molecule has 2 atom stereocenters. The minimum absolute atomic E-state index is 0.548. The molecule has 17 heavy (non-hydrogen) atoms. The summed E-state index contributed by atoms with van der Waals surface area (Å²) in [5.74, 6) is 3.61. The fourth-order valence-corrected chi connectivity index (χ4v) is 2.50. The number of aliphatic hydroxyl groups excluding tert-OH is 1. The van der Waals surface area contributed by atoms with Gasteiger partial charge in [0.2, 0.25) is 0 Å². The Hall–Kier alpha value is -0.783. The SMILES string of the molecule is C=C(C)[C@@H]1CC=C(C(O)C#C[Si](C)(C)C)CC1. The molecule has 1 N–H and O–H groups in total. The summed E-state index contributed by atoms with van der Waals surface area (Å²) in [7, 11) is -1.38. The maximum absolute atomic E-state index is 10.0. The van der Waals surface area contributed by atoms with Crippen molar-refractivity contribution in [1.82, 2.24) is 0 Å². The summed E-state index contributed by atoms with van der Waals surface area (Å²) in [5.41, 5.74) is 5.59. The second-order valence-electron chi connectivity index (χ2n) is 6.02. The van der Waals surface area contributed by atoms with E-state index in [2.05, 4.69) is 50.7 Å². The molecule has 0 radical (unpaired) electrons. The molecule has 0 amide bonds. The lowest BCUT2D eigenvalue weighted by atomic mass is 9.84. The van der Waals surface area contributed by atoms with Gasteiger partial charge in [0.1, 0.15) is 14.2 Å². The van der Waals surface area contributed by atoms with Crippen molar-refractivity contribution in [3.63, 3.8) is 0 Å². The summed E-state index contributed by atoms with van der Waals surface area (Å²) in [5, 5.41) is 10.0. The smallest absolute Gasteiger partial charge is 0.135 e. The quantitative estimate of drug-likeness (QED) is 0.450. The first-order chi connectivity index (χ1) is 7.79. The average Bonchev–Trinajstić information content (AvgIpc) is 2.25.